The number of likely N-dealkylation sites (tertiary alicyclic amines) is 1. The molecule has 3 heterocycles. The zero-order chi connectivity index (χ0) is 26.7. The highest BCUT2D eigenvalue weighted by Crippen LogP contribution is 2.30. The Hall–Kier alpha value is -4.13. The Morgan fingerprint density at radius 3 is 2.81 bits per heavy atom. The van der Waals surface area contributed by atoms with Gasteiger partial charge < -0.3 is 10.0 Å². The maximum absolute atomic E-state index is 14.3. The van der Waals surface area contributed by atoms with E-state index in [1.807, 2.05) is 6.92 Å². The van der Waals surface area contributed by atoms with Crippen molar-refractivity contribution in [2.24, 2.45) is 0 Å². The second-order valence-electron chi connectivity index (χ2n) is 9.18. The molecule has 8 nitrogen and oxygen atoms in total. The zero-order valence-corrected chi connectivity index (χ0v) is 20.6. The molecule has 1 unspecified atom stereocenters. The minimum absolute atomic E-state index is 0.0531. The highest BCUT2D eigenvalue weighted by Gasteiger charge is 2.34. The first-order chi connectivity index (χ1) is 17.7. The smallest absolute Gasteiger partial charge is 0.270 e. The van der Waals surface area contributed by atoms with Gasteiger partial charge in [0.05, 0.1) is 29.6 Å². The highest BCUT2D eigenvalue weighted by atomic mass is 19.1. The first kappa shape index (κ1) is 25.9. The van der Waals surface area contributed by atoms with Crippen molar-refractivity contribution in [2.75, 3.05) is 13.1 Å². The lowest BCUT2D eigenvalue weighted by molar-refractivity contribution is 0.0783. The third kappa shape index (κ3) is 5.21. The van der Waals surface area contributed by atoms with Crippen LogP contribution < -0.4 is 5.56 Å². The zero-order valence-electron chi connectivity index (χ0n) is 20.6. The number of hydrogen-bond donors (Lipinski definition) is 1. The van der Waals surface area contributed by atoms with Crippen LogP contribution in [-0.2, 0) is 6.42 Å². The van der Waals surface area contributed by atoms with Gasteiger partial charge in [0.15, 0.2) is 5.56 Å². The lowest BCUT2D eigenvalue weighted by Gasteiger charge is -2.23. The van der Waals surface area contributed by atoms with Gasteiger partial charge in [-0.1, -0.05) is 25.5 Å². The number of benzene rings is 1. The fourth-order valence-corrected chi connectivity index (χ4v) is 4.73. The van der Waals surface area contributed by atoms with Gasteiger partial charge >= 0.3 is 0 Å². The third-order valence-electron chi connectivity index (χ3n) is 6.72. The number of nitrogens with zero attached hydrogens (tertiary/aromatic N) is 5. The number of rotatable bonds is 7. The standard InChI is InChI=1S/C27H27F2N5O3/c1-3-4-8-22-32-25(35)23(27(37)34(22)16(2)18-7-5-6-17(11-18)13-30)26(36)33-10-9-19(15-33)24-21(29)12-20(28)14-31-24/h5-7,11-12,14,16,19,35H,3-4,8-10,15H2,1-2H3/t16-,19?/m0/s1. The van der Waals surface area contributed by atoms with Crippen molar-refractivity contribution in [3.63, 3.8) is 0 Å². The van der Waals surface area contributed by atoms with Crippen LogP contribution in [0.2, 0.25) is 0 Å². The van der Waals surface area contributed by atoms with E-state index in [2.05, 4.69) is 16.0 Å². The lowest BCUT2D eigenvalue weighted by atomic mass is 10.0. The summed E-state index contributed by atoms with van der Waals surface area (Å²) in [6, 6.07) is 9.10. The summed E-state index contributed by atoms with van der Waals surface area (Å²) in [6.07, 6.45) is 3.26. The number of aromatic hydroxyl groups is 1. The van der Waals surface area contributed by atoms with Gasteiger partial charge in [-0.05, 0) is 37.5 Å². The van der Waals surface area contributed by atoms with Gasteiger partial charge in [0.1, 0.15) is 17.5 Å². The van der Waals surface area contributed by atoms with Crippen LogP contribution in [-0.4, -0.2) is 43.5 Å². The van der Waals surface area contributed by atoms with Crippen molar-refractivity contribution < 1.29 is 18.7 Å². The van der Waals surface area contributed by atoms with Crippen LogP contribution >= 0.6 is 0 Å². The molecule has 37 heavy (non-hydrogen) atoms. The first-order valence-electron chi connectivity index (χ1n) is 12.2. The fraction of sp³-hybridized carbons (Fsp3) is 0.370. The Morgan fingerprint density at radius 2 is 2.11 bits per heavy atom. The molecule has 2 atom stereocenters. The van der Waals surface area contributed by atoms with Gasteiger partial charge in [0.2, 0.25) is 5.88 Å². The van der Waals surface area contributed by atoms with E-state index in [1.54, 1.807) is 31.2 Å². The van der Waals surface area contributed by atoms with Gasteiger partial charge in [-0.15, -0.1) is 0 Å². The van der Waals surface area contributed by atoms with Crippen molar-refractivity contribution in [2.45, 2.75) is 51.5 Å². The Morgan fingerprint density at radius 1 is 1.32 bits per heavy atom. The van der Waals surface area contributed by atoms with Crippen molar-refractivity contribution in [1.29, 1.82) is 5.26 Å². The van der Waals surface area contributed by atoms with Crippen LogP contribution in [0.3, 0.4) is 0 Å². The predicted molar refractivity (Wildman–Crippen MR) is 131 cm³/mol. The topological polar surface area (TPSA) is 112 Å². The number of pyridine rings is 1. The summed E-state index contributed by atoms with van der Waals surface area (Å²) >= 11 is 0. The largest absolute Gasteiger partial charge is 0.493 e. The Balaban J connectivity index is 1.71. The van der Waals surface area contributed by atoms with Crippen LogP contribution in [0.15, 0.2) is 41.3 Å². The van der Waals surface area contributed by atoms with Crippen LogP contribution in [0.4, 0.5) is 8.78 Å². The van der Waals surface area contributed by atoms with Gasteiger partial charge in [-0.25, -0.2) is 8.78 Å². The van der Waals surface area contributed by atoms with Crippen molar-refractivity contribution in [3.05, 3.63) is 86.7 Å². The Labute approximate surface area is 212 Å². The molecule has 4 rings (SSSR count). The molecule has 1 saturated heterocycles. The number of unbranched alkanes of at least 4 members (excludes halogenated alkanes) is 1. The second kappa shape index (κ2) is 10.9. The number of halogens is 2. The van der Waals surface area contributed by atoms with E-state index in [1.165, 1.54) is 9.47 Å². The quantitative estimate of drug-likeness (QED) is 0.516. The number of amides is 1. The van der Waals surface area contributed by atoms with E-state index in [9.17, 15) is 28.7 Å². The summed E-state index contributed by atoms with van der Waals surface area (Å²) < 4.78 is 28.9. The minimum Gasteiger partial charge on any atom is -0.493 e. The summed E-state index contributed by atoms with van der Waals surface area (Å²) in [4.78, 5) is 36.6. The number of hydrogen-bond acceptors (Lipinski definition) is 6. The predicted octanol–water partition coefficient (Wildman–Crippen LogP) is 4.08. The summed E-state index contributed by atoms with van der Waals surface area (Å²) in [6.45, 7) is 4.03. The molecule has 1 fully saturated rings. The van der Waals surface area contributed by atoms with Crippen molar-refractivity contribution in [3.8, 4) is 11.9 Å². The average Bonchev–Trinajstić information content (AvgIpc) is 3.37. The molecule has 0 saturated carbocycles. The summed E-state index contributed by atoms with van der Waals surface area (Å²) in [5.41, 5.74) is 0.0197. The molecule has 1 aliphatic rings. The summed E-state index contributed by atoms with van der Waals surface area (Å²) in [7, 11) is 0. The van der Waals surface area contributed by atoms with E-state index < -0.39 is 46.5 Å². The molecule has 192 valence electrons. The maximum atomic E-state index is 14.3. The molecule has 0 spiro atoms. The molecule has 1 N–H and O–H groups in total. The van der Waals surface area contributed by atoms with Gasteiger partial charge in [-0.3, -0.25) is 19.1 Å². The van der Waals surface area contributed by atoms with Crippen LogP contribution in [0.1, 0.15) is 78.1 Å². The normalized spacial score (nSPS) is 16.0. The van der Waals surface area contributed by atoms with Crippen LogP contribution in [0.5, 0.6) is 5.88 Å². The van der Waals surface area contributed by atoms with E-state index in [-0.39, 0.29) is 18.8 Å². The van der Waals surface area contributed by atoms with Gasteiger partial charge in [-0.2, -0.15) is 10.2 Å². The summed E-state index contributed by atoms with van der Waals surface area (Å²) in [5, 5.41) is 20.0. The number of nitriles is 1. The number of carbonyl (C=O) groups excluding carboxylic acids is 1. The molecule has 3 aromatic rings. The van der Waals surface area contributed by atoms with E-state index in [0.717, 1.165) is 18.7 Å². The molecular formula is C27H27F2N5O3. The average molecular weight is 508 g/mol. The molecule has 1 amide bonds. The molecule has 0 radical (unpaired) electrons. The van der Waals surface area contributed by atoms with E-state index >= 15 is 0 Å². The molecule has 2 aromatic heterocycles. The lowest BCUT2D eigenvalue weighted by Crippen LogP contribution is -2.38. The number of aryl methyl sites for hydroxylation is 1. The number of carbonyl (C=O) groups is 1. The highest BCUT2D eigenvalue weighted by molar-refractivity contribution is 5.96. The first-order valence-corrected chi connectivity index (χ1v) is 12.2. The van der Waals surface area contributed by atoms with E-state index in [4.69, 9.17) is 0 Å². The van der Waals surface area contributed by atoms with Crippen molar-refractivity contribution in [1.82, 2.24) is 19.4 Å². The molecule has 0 bridgehead atoms. The Kier molecular flexibility index (Phi) is 7.62. The van der Waals surface area contributed by atoms with Crippen LogP contribution in [0, 0.1) is 23.0 Å². The third-order valence-corrected chi connectivity index (χ3v) is 6.72. The Bertz CT molecular complexity index is 1430. The van der Waals surface area contributed by atoms with Crippen molar-refractivity contribution >= 4 is 5.91 Å². The molecule has 1 aliphatic heterocycles. The fourth-order valence-electron chi connectivity index (χ4n) is 4.73. The van der Waals surface area contributed by atoms with Gasteiger partial charge in [0, 0.05) is 31.5 Å². The monoisotopic (exact) mass is 507 g/mol. The van der Waals surface area contributed by atoms with Gasteiger partial charge in [0.25, 0.3) is 11.5 Å². The molecule has 1 aromatic carbocycles. The molecule has 0 aliphatic carbocycles. The SMILES string of the molecule is CCCCc1nc(O)c(C(=O)N2CCC(c3ncc(F)cc3F)C2)c(=O)n1[C@@H](C)c1cccc(C#N)c1. The van der Waals surface area contributed by atoms with Crippen LogP contribution in [0.25, 0.3) is 0 Å². The molecule has 10 heteroatoms. The summed E-state index contributed by atoms with van der Waals surface area (Å²) in [5.74, 6) is -3.08. The molecular weight excluding hydrogens is 480 g/mol. The second-order valence-corrected chi connectivity index (χ2v) is 9.18. The minimum atomic E-state index is -0.792. The number of aromatic nitrogens is 3. The maximum Gasteiger partial charge on any atom is 0.270 e. The van der Waals surface area contributed by atoms with E-state index in [0.29, 0.717) is 36.2 Å².